The number of carboxylic acid groups (broad SMARTS) is 1. The fraction of sp³-hybridized carbons (Fsp3) is 0.923. The molecule has 19 heavy (non-hydrogen) atoms. The van der Waals surface area contributed by atoms with Crippen LogP contribution in [0.25, 0.3) is 0 Å². The molecule has 0 heterocycles. The van der Waals surface area contributed by atoms with E-state index in [-0.39, 0.29) is 17.1 Å². The van der Waals surface area contributed by atoms with Gasteiger partial charge in [-0.05, 0) is 24.2 Å². The van der Waals surface area contributed by atoms with Gasteiger partial charge in [-0.1, -0.05) is 40.0 Å². The molecule has 1 rings (SSSR count). The minimum atomic E-state index is -3.56. The van der Waals surface area contributed by atoms with Gasteiger partial charge in [0.1, 0.15) is 6.04 Å². The van der Waals surface area contributed by atoms with Crippen LogP contribution in [0.3, 0.4) is 0 Å². The highest BCUT2D eigenvalue weighted by Gasteiger charge is 2.35. The maximum Gasteiger partial charge on any atom is 0.321 e. The number of rotatable bonds is 6. The molecule has 5 nitrogen and oxygen atoms in total. The minimum Gasteiger partial charge on any atom is -0.480 e. The van der Waals surface area contributed by atoms with Crippen molar-refractivity contribution in [3.8, 4) is 0 Å². The van der Waals surface area contributed by atoms with E-state index in [0.29, 0.717) is 0 Å². The molecule has 1 atom stereocenters. The van der Waals surface area contributed by atoms with Crippen molar-refractivity contribution >= 4 is 16.0 Å². The highest BCUT2D eigenvalue weighted by Crippen LogP contribution is 2.36. The smallest absolute Gasteiger partial charge is 0.321 e. The van der Waals surface area contributed by atoms with Gasteiger partial charge in [-0.15, -0.1) is 0 Å². The number of carbonyl (C=O) groups is 1. The Bertz CT molecular complexity index is 410. The van der Waals surface area contributed by atoms with Gasteiger partial charge in [0, 0.05) is 0 Å². The summed E-state index contributed by atoms with van der Waals surface area (Å²) in [6.07, 6.45) is 5.06. The molecular formula is C13H25NO4S. The third kappa shape index (κ3) is 5.10. The highest BCUT2D eigenvalue weighted by atomic mass is 32.2. The Morgan fingerprint density at radius 2 is 1.79 bits per heavy atom. The summed E-state index contributed by atoms with van der Waals surface area (Å²) in [7, 11) is -3.56. The van der Waals surface area contributed by atoms with Crippen LogP contribution in [-0.4, -0.2) is 31.3 Å². The first-order valence-electron chi connectivity index (χ1n) is 6.88. The first kappa shape index (κ1) is 16.4. The average Bonchev–Trinajstić information content (AvgIpc) is 2.24. The second-order valence-electron chi connectivity index (χ2n) is 6.31. The maximum absolute atomic E-state index is 12.1. The summed E-state index contributed by atoms with van der Waals surface area (Å²) in [5.74, 6) is -1.37. The van der Waals surface area contributed by atoms with Crippen molar-refractivity contribution in [1.29, 1.82) is 0 Å². The summed E-state index contributed by atoms with van der Waals surface area (Å²) in [5, 5.41) is 9.05. The summed E-state index contributed by atoms with van der Waals surface area (Å²) < 4.78 is 26.6. The van der Waals surface area contributed by atoms with Crippen molar-refractivity contribution in [2.24, 2.45) is 11.3 Å². The molecule has 1 aliphatic rings. The fourth-order valence-corrected chi connectivity index (χ4v) is 4.76. The predicted octanol–water partition coefficient (Wildman–Crippen LogP) is 1.99. The second-order valence-corrected chi connectivity index (χ2v) is 8.06. The predicted molar refractivity (Wildman–Crippen MR) is 74.4 cm³/mol. The summed E-state index contributed by atoms with van der Waals surface area (Å²) >= 11 is 0. The molecule has 0 aliphatic heterocycles. The average molecular weight is 291 g/mol. The number of carboxylic acids is 1. The number of hydrogen-bond donors (Lipinski definition) is 2. The fourth-order valence-electron chi connectivity index (χ4n) is 2.72. The molecule has 112 valence electrons. The van der Waals surface area contributed by atoms with Crippen molar-refractivity contribution < 1.29 is 18.3 Å². The van der Waals surface area contributed by atoms with E-state index >= 15 is 0 Å². The van der Waals surface area contributed by atoms with E-state index in [0.717, 1.165) is 32.1 Å². The van der Waals surface area contributed by atoms with E-state index < -0.39 is 22.0 Å². The number of nitrogens with one attached hydrogen (secondary N) is 1. The van der Waals surface area contributed by atoms with Crippen molar-refractivity contribution in [2.45, 2.75) is 58.9 Å². The van der Waals surface area contributed by atoms with Gasteiger partial charge in [-0.25, -0.2) is 13.1 Å². The summed E-state index contributed by atoms with van der Waals surface area (Å²) in [5.41, 5.74) is -0.218. The molecule has 1 aliphatic carbocycles. The summed E-state index contributed by atoms with van der Waals surface area (Å²) in [4.78, 5) is 11.1. The van der Waals surface area contributed by atoms with E-state index in [4.69, 9.17) is 5.11 Å². The van der Waals surface area contributed by atoms with Gasteiger partial charge < -0.3 is 5.11 Å². The number of sulfonamides is 1. The van der Waals surface area contributed by atoms with Crippen LogP contribution in [-0.2, 0) is 14.8 Å². The van der Waals surface area contributed by atoms with Crippen LogP contribution < -0.4 is 4.72 Å². The lowest BCUT2D eigenvalue weighted by molar-refractivity contribution is -0.140. The van der Waals surface area contributed by atoms with Crippen molar-refractivity contribution in [1.82, 2.24) is 4.72 Å². The van der Waals surface area contributed by atoms with Gasteiger partial charge in [0.15, 0.2) is 0 Å². The zero-order chi connectivity index (χ0) is 14.7. The van der Waals surface area contributed by atoms with Gasteiger partial charge in [0.05, 0.1) is 5.75 Å². The van der Waals surface area contributed by atoms with Gasteiger partial charge in [-0.2, -0.15) is 0 Å². The normalized spacial score (nSPS) is 21.3. The van der Waals surface area contributed by atoms with Crippen LogP contribution in [0.4, 0.5) is 0 Å². The Balaban J connectivity index is 2.72. The van der Waals surface area contributed by atoms with Crippen LogP contribution in [0.1, 0.15) is 52.9 Å². The van der Waals surface area contributed by atoms with Gasteiger partial charge >= 0.3 is 5.97 Å². The first-order chi connectivity index (χ1) is 8.65. The van der Waals surface area contributed by atoms with E-state index in [9.17, 15) is 13.2 Å². The third-order valence-corrected chi connectivity index (χ3v) is 5.53. The van der Waals surface area contributed by atoms with E-state index in [1.165, 1.54) is 0 Å². The largest absolute Gasteiger partial charge is 0.480 e. The Morgan fingerprint density at radius 1 is 1.26 bits per heavy atom. The Kier molecular flexibility index (Phi) is 5.38. The third-order valence-electron chi connectivity index (χ3n) is 3.84. The van der Waals surface area contributed by atoms with Crippen molar-refractivity contribution in [2.75, 3.05) is 5.75 Å². The molecule has 0 bridgehead atoms. The molecule has 2 N–H and O–H groups in total. The lowest BCUT2D eigenvalue weighted by Gasteiger charge is -2.33. The molecule has 0 aromatic rings. The van der Waals surface area contributed by atoms with E-state index in [1.54, 1.807) is 13.8 Å². The van der Waals surface area contributed by atoms with Gasteiger partial charge in [-0.3, -0.25) is 4.79 Å². The number of hydrogen-bond acceptors (Lipinski definition) is 3. The summed E-state index contributed by atoms with van der Waals surface area (Å²) in [6.45, 7) is 5.38. The quantitative estimate of drug-likeness (QED) is 0.784. The zero-order valence-corrected chi connectivity index (χ0v) is 12.8. The van der Waals surface area contributed by atoms with Crippen LogP contribution in [0.15, 0.2) is 0 Å². The van der Waals surface area contributed by atoms with Gasteiger partial charge in [0.2, 0.25) is 10.0 Å². The van der Waals surface area contributed by atoms with Crippen molar-refractivity contribution in [3.63, 3.8) is 0 Å². The maximum atomic E-state index is 12.1. The molecule has 1 fully saturated rings. The monoisotopic (exact) mass is 291 g/mol. The van der Waals surface area contributed by atoms with Crippen LogP contribution in [0.5, 0.6) is 0 Å². The Morgan fingerprint density at radius 3 is 2.21 bits per heavy atom. The molecular weight excluding hydrogens is 266 g/mol. The lowest BCUT2D eigenvalue weighted by Crippen LogP contribution is -2.47. The molecule has 0 unspecified atom stereocenters. The summed E-state index contributed by atoms with van der Waals surface area (Å²) in [6, 6.07) is -1.04. The molecule has 0 aromatic carbocycles. The first-order valence-corrected chi connectivity index (χ1v) is 8.53. The SMILES string of the molecule is CC(C)[C@@H](NS(=O)(=O)CC1(C)CCCCC1)C(=O)O. The minimum absolute atomic E-state index is 0.0243. The molecule has 0 aromatic heterocycles. The van der Waals surface area contributed by atoms with E-state index in [1.807, 2.05) is 6.92 Å². The van der Waals surface area contributed by atoms with Crippen molar-refractivity contribution in [3.05, 3.63) is 0 Å². The van der Waals surface area contributed by atoms with Crippen LogP contribution in [0, 0.1) is 11.3 Å². The molecule has 6 heteroatoms. The molecule has 0 spiro atoms. The molecule has 0 radical (unpaired) electrons. The van der Waals surface area contributed by atoms with E-state index in [2.05, 4.69) is 4.72 Å². The topological polar surface area (TPSA) is 83.5 Å². The Hall–Kier alpha value is -0.620. The van der Waals surface area contributed by atoms with Crippen LogP contribution in [0.2, 0.25) is 0 Å². The standard InChI is InChI=1S/C13H25NO4S/c1-10(2)11(12(15)16)14-19(17,18)9-13(3)7-5-4-6-8-13/h10-11,14H,4-9H2,1-3H3,(H,15,16)/t11-/m1/s1. The Labute approximate surface area is 115 Å². The highest BCUT2D eigenvalue weighted by molar-refractivity contribution is 7.89. The second kappa shape index (κ2) is 6.22. The van der Waals surface area contributed by atoms with Gasteiger partial charge in [0.25, 0.3) is 0 Å². The van der Waals surface area contributed by atoms with Crippen LogP contribution >= 0.6 is 0 Å². The zero-order valence-electron chi connectivity index (χ0n) is 12.0. The molecule has 1 saturated carbocycles. The molecule has 0 saturated heterocycles. The number of aliphatic carboxylic acids is 1. The lowest BCUT2D eigenvalue weighted by atomic mass is 9.77. The molecule has 0 amide bonds.